The highest BCUT2D eigenvalue weighted by atomic mass is 16.1. The second-order valence-electron chi connectivity index (χ2n) is 5.18. The Morgan fingerprint density at radius 2 is 2.14 bits per heavy atom. The molecule has 0 spiro atoms. The second kappa shape index (κ2) is 2.82. The van der Waals surface area contributed by atoms with Gasteiger partial charge in [-0.1, -0.05) is 25.5 Å². The van der Waals surface area contributed by atoms with Crippen LogP contribution in [0.25, 0.3) is 0 Å². The Bertz CT molecular complexity index is 333. The molecule has 0 aromatic carbocycles. The summed E-state index contributed by atoms with van der Waals surface area (Å²) in [7, 11) is 0. The molecule has 0 aromatic rings. The number of carbonyl (C=O) groups excluding carboxylic acids is 1. The van der Waals surface area contributed by atoms with E-state index in [4.69, 9.17) is 0 Å². The van der Waals surface area contributed by atoms with Gasteiger partial charge < -0.3 is 0 Å². The first-order valence-electron chi connectivity index (χ1n) is 5.35. The maximum Gasteiger partial charge on any atom is 0.162 e. The molecule has 0 N–H and O–H groups in total. The molecule has 0 unspecified atom stereocenters. The molecule has 1 nitrogen and oxygen atoms in total. The van der Waals surface area contributed by atoms with E-state index in [0.29, 0.717) is 11.7 Å². The third kappa shape index (κ3) is 0.985. The first-order chi connectivity index (χ1) is 6.50. The molecule has 1 fully saturated rings. The van der Waals surface area contributed by atoms with Crippen molar-refractivity contribution in [1.29, 1.82) is 0 Å². The van der Waals surface area contributed by atoms with Gasteiger partial charge in [0.1, 0.15) is 0 Å². The molecule has 3 rings (SSSR count). The van der Waals surface area contributed by atoms with E-state index in [-0.39, 0.29) is 11.3 Å². The summed E-state index contributed by atoms with van der Waals surface area (Å²) in [4.78, 5) is 12.1. The monoisotopic (exact) mass is 190 g/mol. The lowest BCUT2D eigenvalue weighted by atomic mass is 9.47. The number of hydrogen-bond donors (Lipinski definition) is 0. The number of carbonyl (C=O) groups is 1. The third-order valence-corrected chi connectivity index (χ3v) is 4.23. The third-order valence-electron chi connectivity index (χ3n) is 4.23. The summed E-state index contributed by atoms with van der Waals surface area (Å²) in [5, 5.41) is 0. The normalized spacial score (nSPS) is 34.1. The smallest absolute Gasteiger partial charge is 0.162 e. The molecule has 0 amide bonds. The number of Topliss-reactive ketones (excluding diaryl/α,β-unsaturated/α-hetero) is 1. The van der Waals surface area contributed by atoms with Gasteiger partial charge in [-0.3, -0.25) is 4.79 Å². The van der Waals surface area contributed by atoms with Crippen LogP contribution >= 0.6 is 0 Å². The summed E-state index contributed by atoms with van der Waals surface area (Å²) in [5.41, 5.74) is 2.58. The molecule has 0 saturated heterocycles. The summed E-state index contributed by atoms with van der Waals surface area (Å²) in [6.07, 6.45) is 3.68. The molecule has 0 heterocycles. The summed E-state index contributed by atoms with van der Waals surface area (Å²) in [6, 6.07) is 0. The van der Waals surface area contributed by atoms with Crippen LogP contribution < -0.4 is 0 Å². The van der Waals surface area contributed by atoms with Crippen LogP contribution in [-0.4, -0.2) is 5.78 Å². The van der Waals surface area contributed by atoms with E-state index in [1.807, 2.05) is 6.08 Å². The van der Waals surface area contributed by atoms with Crippen LogP contribution in [0.3, 0.4) is 0 Å². The van der Waals surface area contributed by atoms with Crippen molar-refractivity contribution in [3.05, 3.63) is 23.8 Å². The molecule has 3 aliphatic carbocycles. The maximum absolute atomic E-state index is 12.1. The van der Waals surface area contributed by atoms with Crippen LogP contribution in [0.2, 0.25) is 0 Å². The van der Waals surface area contributed by atoms with E-state index in [1.165, 1.54) is 5.57 Å². The predicted octanol–water partition coefficient (Wildman–Crippen LogP) is 3.12. The average molecular weight is 190 g/mol. The van der Waals surface area contributed by atoms with Crippen molar-refractivity contribution < 1.29 is 4.79 Å². The Morgan fingerprint density at radius 3 is 2.57 bits per heavy atom. The Labute approximate surface area is 85.9 Å². The van der Waals surface area contributed by atoms with E-state index < -0.39 is 0 Å². The zero-order chi connectivity index (χ0) is 10.5. The fraction of sp³-hybridized carbons (Fsp3) is 0.615. The number of ketones is 1. The van der Waals surface area contributed by atoms with Gasteiger partial charge in [-0.25, -0.2) is 0 Å². The van der Waals surface area contributed by atoms with Crippen LogP contribution in [-0.2, 0) is 4.79 Å². The van der Waals surface area contributed by atoms with Gasteiger partial charge >= 0.3 is 0 Å². The van der Waals surface area contributed by atoms with Crippen LogP contribution in [0.5, 0.6) is 0 Å². The molecule has 1 heteroatoms. The lowest BCUT2D eigenvalue weighted by Gasteiger charge is -2.56. The highest BCUT2D eigenvalue weighted by Crippen LogP contribution is 2.59. The van der Waals surface area contributed by atoms with Crippen LogP contribution in [0.15, 0.2) is 23.8 Å². The lowest BCUT2D eigenvalue weighted by molar-refractivity contribution is -0.135. The maximum atomic E-state index is 12.1. The minimum atomic E-state index is 0.214. The Balaban J connectivity index is 2.40. The summed E-state index contributed by atoms with van der Waals surface area (Å²) < 4.78 is 0. The molecule has 3 aliphatic rings. The molecule has 1 saturated carbocycles. The topological polar surface area (TPSA) is 17.1 Å². The standard InChI is InChI=1S/C13H18O/c1-5-6-9-8(2)10-7-11(12(9)14)13(10,3)4/h5,10-11H,1,6-7H2,2-4H3/t10-,11+/m1/s1. The highest BCUT2D eigenvalue weighted by molar-refractivity contribution is 6.01. The number of fused-ring (bicyclic) bond motifs is 1. The van der Waals surface area contributed by atoms with Crippen molar-refractivity contribution in [2.45, 2.75) is 33.6 Å². The quantitative estimate of drug-likeness (QED) is 0.611. The van der Waals surface area contributed by atoms with Crippen molar-refractivity contribution in [1.82, 2.24) is 0 Å². The first kappa shape index (κ1) is 9.70. The average Bonchev–Trinajstić information content (AvgIpc) is 2.10. The minimum absolute atomic E-state index is 0.214. The van der Waals surface area contributed by atoms with Gasteiger partial charge in [0.2, 0.25) is 0 Å². The molecular weight excluding hydrogens is 172 g/mol. The summed E-state index contributed by atoms with van der Waals surface area (Å²) >= 11 is 0. The van der Waals surface area contributed by atoms with E-state index in [1.54, 1.807) is 0 Å². The molecule has 76 valence electrons. The van der Waals surface area contributed by atoms with Crippen molar-refractivity contribution in [3.63, 3.8) is 0 Å². The predicted molar refractivity (Wildman–Crippen MR) is 57.9 cm³/mol. The van der Waals surface area contributed by atoms with Crippen LogP contribution in [0.1, 0.15) is 33.6 Å². The van der Waals surface area contributed by atoms with Gasteiger partial charge in [0.05, 0.1) is 0 Å². The fourth-order valence-electron chi connectivity index (χ4n) is 3.13. The van der Waals surface area contributed by atoms with E-state index in [9.17, 15) is 4.79 Å². The number of rotatable bonds is 2. The van der Waals surface area contributed by atoms with Gasteiger partial charge in [-0.05, 0) is 36.7 Å². The molecule has 0 aromatic heterocycles. The zero-order valence-electron chi connectivity index (χ0n) is 9.26. The minimum Gasteiger partial charge on any atom is -0.294 e. The molecule has 0 aliphatic heterocycles. The Morgan fingerprint density at radius 1 is 1.50 bits per heavy atom. The molecular formula is C13H18O. The van der Waals surface area contributed by atoms with Crippen molar-refractivity contribution >= 4 is 5.78 Å². The fourth-order valence-corrected chi connectivity index (χ4v) is 3.13. The number of allylic oxidation sites excluding steroid dienone is 3. The van der Waals surface area contributed by atoms with Gasteiger partial charge in [0, 0.05) is 5.92 Å². The van der Waals surface area contributed by atoms with Crippen LogP contribution in [0.4, 0.5) is 0 Å². The SMILES string of the molecule is C=CCC1=C(C)[C@H]2C[C@@H](C1=O)C2(C)C. The molecule has 2 atom stereocenters. The van der Waals surface area contributed by atoms with Gasteiger partial charge in [-0.2, -0.15) is 0 Å². The number of hydrogen-bond acceptors (Lipinski definition) is 1. The van der Waals surface area contributed by atoms with E-state index in [0.717, 1.165) is 18.4 Å². The lowest BCUT2D eigenvalue weighted by Crippen LogP contribution is -2.53. The van der Waals surface area contributed by atoms with E-state index >= 15 is 0 Å². The highest BCUT2D eigenvalue weighted by Gasteiger charge is 2.56. The van der Waals surface area contributed by atoms with Gasteiger partial charge in [-0.15, -0.1) is 6.58 Å². The van der Waals surface area contributed by atoms with E-state index in [2.05, 4.69) is 27.4 Å². The Kier molecular flexibility index (Phi) is 1.95. The van der Waals surface area contributed by atoms with Gasteiger partial charge in [0.25, 0.3) is 0 Å². The molecule has 14 heavy (non-hydrogen) atoms. The zero-order valence-corrected chi connectivity index (χ0v) is 9.26. The van der Waals surface area contributed by atoms with Crippen LogP contribution in [0, 0.1) is 17.3 Å². The van der Waals surface area contributed by atoms with Crippen molar-refractivity contribution in [3.8, 4) is 0 Å². The molecule has 0 radical (unpaired) electrons. The first-order valence-corrected chi connectivity index (χ1v) is 5.35. The summed E-state index contributed by atoms with van der Waals surface area (Å²) in [5.74, 6) is 1.31. The van der Waals surface area contributed by atoms with Crippen molar-refractivity contribution in [2.24, 2.45) is 17.3 Å². The van der Waals surface area contributed by atoms with Gasteiger partial charge in [0.15, 0.2) is 5.78 Å². The molecule has 2 bridgehead atoms. The summed E-state index contributed by atoms with van der Waals surface area (Å²) in [6.45, 7) is 10.3. The second-order valence-corrected chi connectivity index (χ2v) is 5.18. The largest absolute Gasteiger partial charge is 0.294 e. The Hall–Kier alpha value is -0.850. The van der Waals surface area contributed by atoms with Crippen molar-refractivity contribution in [2.75, 3.05) is 0 Å².